The van der Waals surface area contributed by atoms with Gasteiger partial charge in [-0.15, -0.1) is 0 Å². The van der Waals surface area contributed by atoms with Crippen molar-refractivity contribution in [1.29, 1.82) is 0 Å². The van der Waals surface area contributed by atoms with Crippen molar-refractivity contribution in [3.8, 4) is 0 Å². The van der Waals surface area contributed by atoms with E-state index in [0.29, 0.717) is 17.8 Å². The summed E-state index contributed by atoms with van der Waals surface area (Å²) in [5, 5.41) is 9.36. The summed E-state index contributed by atoms with van der Waals surface area (Å²) < 4.78 is 0. The summed E-state index contributed by atoms with van der Waals surface area (Å²) in [7, 11) is 0. The van der Waals surface area contributed by atoms with Crippen LogP contribution in [-0.2, 0) is 0 Å². The van der Waals surface area contributed by atoms with Gasteiger partial charge < -0.3 is 15.7 Å². The summed E-state index contributed by atoms with van der Waals surface area (Å²) in [4.78, 5) is 14.2. The lowest BCUT2D eigenvalue weighted by atomic mass is 10.00. The maximum Gasteiger partial charge on any atom is 0.256 e. The van der Waals surface area contributed by atoms with Crippen LogP contribution < -0.4 is 5.73 Å². The fraction of sp³-hybridized carbons (Fsp3) is 0.500. The molecule has 1 atom stereocenters. The van der Waals surface area contributed by atoms with Crippen molar-refractivity contribution < 1.29 is 9.90 Å². The minimum absolute atomic E-state index is 0.0253. The van der Waals surface area contributed by atoms with E-state index in [9.17, 15) is 9.90 Å². The quantitative estimate of drug-likeness (QED) is 0.781. The number of likely N-dealkylation sites (tertiary alicyclic amines) is 1. The molecule has 0 radical (unpaired) electrons. The van der Waals surface area contributed by atoms with Crippen LogP contribution in [0.4, 0.5) is 5.69 Å². The molecule has 0 bridgehead atoms. The van der Waals surface area contributed by atoms with Crippen LogP contribution in [0.25, 0.3) is 0 Å². The second kappa shape index (κ2) is 5.40. The predicted octanol–water partition coefficient (Wildman–Crippen LogP) is 1.56. The SMILES string of the molecule is Cc1cccc(C(=O)N2CCCCC2CO)c1N. The van der Waals surface area contributed by atoms with Crippen LogP contribution in [0, 0.1) is 6.92 Å². The number of carbonyl (C=O) groups is 1. The molecule has 1 fully saturated rings. The molecular formula is C14H20N2O2. The molecule has 18 heavy (non-hydrogen) atoms. The molecule has 0 aliphatic carbocycles. The molecule has 0 saturated carbocycles. The van der Waals surface area contributed by atoms with Crippen molar-refractivity contribution in [1.82, 2.24) is 4.90 Å². The third kappa shape index (κ3) is 2.34. The van der Waals surface area contributed by atoms with E-state index < -0.39 is 0 Å². The van der Waals surface area contributed by atoms with Crippen LogP contribution in [0.2, 0.25) is 0 Å². The number of para-hydroxylation sites is 1. The number of carbonyl (C=O) groups excluding carboxylic acids is 1. The lowest BCUT2D eigenvalue weighted by Crippen LogP contribution is -2.45. The zero-order valence-electron chi connectivity index (χ0n) is 10.7. The fourth-order valence-electron chi connectivity index (χ4n) is 2.48. The molecule has 1 aromatic carbocycles. The highest BCUT2D eigenvalue weighted by atomic mass is 16.3. The van der Waals surface area contributed by atoms with Crippen LogP contribution in [-0.4, -0.2) is 35.1 Å². The minimum Gasteiger partial charge on any atom is -0.398 e. The number of aryl methyl sites for hydroxylation is 1. The van der Waals surface area contributed by atoms with Crippen LogP contribution in [0.5, 0.6) is 0 Å². The number of aliphatic hydroxyl groups is 1. The van der Waals surface area contributed by atoms with Crippen LogP contribution in [0.3, 0.4) is 0 Å². The number of hydrogen-bond acceptors (Lipinski definition) is 3. The molecular weight excluding hydrogens is 228 g/mol. The van der Waals surface area contributed by atoms with Gasteiger partial charge in [0.1, 0.15) is 0 Å². The number of anilines is 1. The van der Waals surface area contributed by atoms with Crippen LogP contribution in [0.15, 0.2) is 18.2 Å². The van der Waals surface area contributed by atoms with Crippen molar-refractivity contribution in [3.05, 3.63) is 29.3 Å². The topological polar surface area (TPSA) is 66.6 Å². The van der Waals surface area contributed by atoms with E-state index >= 15 is 0 Å². The normalized spacial score (nSPS) is 19.9. The number of rotatable bonds is 2. The van der Waals surface area contributed by atoms with Gasteiger partial charge in [0.25, 0.3) is 5.91 Å². The predicted molar refractivity (Wildman–Crippen MR) is 71.4 cm³/mol. The monoisotopic (exact) mass is 248 g/mol. The minimum atomic E-state index is -0.0637. The molecule has 1 saturated heterocycles. The molecule has 4 nitrogen and oxygen atoms in total. The van der Waals surface area contributed by atoms with Crippen molar-refractivity contribution in [2.24, 2.45) is 0 Å². The smallest absolute Gasteiger partial charge is 0.256 e. The summed E-state index contributed by atoms with van der Waals surface area (Å²) in [5.41, 5.74) is 7.98. The molecule has 1 aliphatic rings. The molecule has 98 valence electrons. The van der Waals surface area contributed by atoms with Crippen molar-refractivity contribution in [2.45, 2.75) is 32.2 Å². The molecule has 1 amide bonds. The highest BCUT2D eigenvalue weighted by Gasteiger charge is 2.27. The van der Waals surface area contributed by atoms with E-state index in [0.717, 1.165) is 24.8 Å². The zero-order chi connectivity index (χ0) is 13.1. The highest BCUT2D eigenvalue weighted by molar-refractivity contribution is 6.00. The second-order valence-corrected chi connectivity index (χ2v) is 4.87. The van der Waals surface area contributed by atoms with E-state index in [1.165, 1.54) is 0 Å². The molecule has 1 heterocycles. The molecule has 1 aliphatic heterocycles. The Kier molecular flexibility index (Phi) is 3.87. The average Bonchev–Trinajstić information content (AvgIpc) is 2.41. The Morgan fingerprint density at radius 1 is 1.50 bits per heavy atom. The Labute approximate surface area is 107 Å². The third-order valence-electron chi connectivity index (χ3n) is 3.65. The molecule has 1 aromatic rings. The molecule has 3 N–H and O–H groups in total. The first-order chi connectivity index (χ1) is 8.65. The van der Waals surface area contributed by atoms with Crippen molar-refractivity contribution in [2.75, 3.05) is 18.9 Å². The largest absolute Gasteiger partial charge is 0.398 e. The number of benzene rings is 1. The van der Waals surface area contributed by atoms with E-state index in [-0.39, 0.29) is 18.6 Å². The van der Waals surface area contributed by atoms with Gasteiger partial charge in [-0.2, -0.15) is 0 Å². The van der Waals surface area contributed by atoms with E-state index in [1.54, 1.807) is 11.0 Å². The summed E-state index contributed by atoms with van der Waals surface area (Å²) in [6.45, 7) is 2.63. The fourth-order valence-corrected chi connectivity index (χ4v) is 2.48. The molecule has 0 spiro atoms. The first kappa shape index (κ1) is 12.9. The maximum atomic E-state index is 12.5. The Balaban J connectivity index is 2.27. The molecule has 1 unspecified atom stereocenters. The Morgan fingerprint density at radius 2 is 2.28 bits per heavy atom. The lowest BCUT2D eigenvalue weighted by molar-refractivity contribution is 0.0504. The number of nitrogens with two attached hydrogens (primary N) is 1. The third-order valence-corrected chi connectivity index (χ3v) is 3.65. The number of nitrogen functional groups attached to an aromatic ring is 1. The lowest BCUT2D eigenvalue weighted by Gasteiger charge is -2.35. The molecule has 0 aromatic heterocycles. The summed E-state index contributed by atoms with van der Waals surface area (Å²) in [6, 6.07) is 5.43. The second-order valence-electron chi connectivity index (χ2n) is 4.87. The van der Waals surface area contributed by atoms with Crippen LogP contribution in [0.1, 0.15) is 35.2 Å². The number of aliphatic hydroxyl groups excluding tert-OH is 1. The zero-order valence-corrected chi connectivity index (χ0v) is 10.7. The molecule has 2 rings (SSSR count). The molecule has 4 heteroatoms. The van der Waals surface area contributed by atoms with E-state index in [1.807, 2.05) is 19.1 Å². The summed E-state index contributed by atoms with van der Waals surface area (Å²) in [6.07, 6.45) is 2.93. The highest BCUT2D eigenvalue weighted by Crippen LogP contribution is 2.23. The maximum absolute atomic E-state index is 12.5. The number of piperidine rings is 1. The van der Waals surface area contributed by atoms with Gasteiger partial charge in [0.2, 0.25) is 0 Å². The van der Waals surface area contributed by atoms with Gasteiger partial charge in [-0.05, 0) is 37.8 Å². The summed E-state index contributed by atoms with van der Waals surface area (Å²) in [5.74, 6) is -0.0602. The van der Waals surface area contributed by atoms with Gasteiger partial charge in [-0.25, -0.2) is 0 Å². The van der Waals surface area contributed by atoms with Crippen LogP contribution >= 0.6 is 0 Å². The average molecular weight is 248 g/mol. The van der Waals surface area contributed by atoms with Gasteiger partial charge in [-0.3, -0.25) is 4.79 Å². The van der Waals surface area contributed by atoms with Gasteiger partial charge >= 0.3 is 0 Å². The van der Waals surface area contributed by atoms with Gasteiger partial charge in [0.05, 0.1) is 18.2 Å². The first-order valence-electron chi connectivity index (χ1n) is 6.42. The number of amides is 1. The number of hydrogen-bond donors (Lipinski definition) is 2. The number of nitrogens with zero attached hydrogens (tertiary/aromatic N) is 1. The van der Waals surface area contributed by atoms with Gasteiger partial charge in [-0.1, -0.05) is 12.1 Å². The van der Waals surface area contributed by atoms with Gasteiger partial charge in [0, 0.05) is 12.2 Å². The Bertz CT molecular complexity index is 445. The van der Waals surface area contributed by atoms with Gasteiger partial charge in [0.15, 0.2) is 0 Å². The van der Waals surface area contributed by atoms with Crippen molar-refractivity contribution >= 4 is 11.6 Å². The van der Waals surface area contributed by atoms with E-state index in [2.05, 4.69) is 0 Å². The Hall–Kier alpha value is -1.55. The standard InChI is InChI=1S/C14H20N2O2/c1-10-5-4-7-12(13(10)15)14(18)16-8-3-2-6-11(16)9-17/h4-5,7,11,17H,2-3,6,8-9,15H2,1H3. The first-order valence-corrected chi connectivity index (χ1v) is 6.42. The van der Waals surface area contributed by atoms with Crippen molar-refractivity contribution in [3.63, 3.8) is 0 Å². The Morgan fingerprint density at radius 3 is 3.00 bits per heavy atom. The van der Waals surface area contributed by atoms with E-state index in [4.69, 9.17) is 5.73 Å². The summed E-state index contributed by atoms with van der Waals surface area (Å²) >= 11 is 0.